The van der Waals surface area contributed by atoms with Gasteiger partial charge < -0.3 is 14.7 Å². The highest BCUT2D eigenvalue weighted by atomic mass is 32.2. The fourth-order valence-corrected chi connectivity index (χ4v) is 5.78. The predicted molar refractivity (Wildman–Crippen MR) is 120 cm³/mol. The van der Waals surface area contributed by atoms with Gasteiger partial charge in [0.25, 0.3) is 0 Å². The number of aromatic hydroxyl groups is 1. The zero-order valence-electron chi connectivity index (χ0n) is 18.6. The second kappa shape index (κ2) is 10.8. The molecule has 174 valence electrons. The molecular formula is C23H36N2O5S. The molecule has 31 heavy (non-hydrogen) atoms. The summed E-state index contributed by atoms with van der Waals surface area (Å²) in [7, 11) is -3.37. The van der Waals surface area contributed by atoms with Crippen molar-refractivity contribution in [3.63, 3.8) is 0 Å². The third-order valence-corrected chi connectivity index (χ3v) is 7.21. The van der Waals surface area contributed by atoms with Gasteiger partial charge in [-0.05, 0) is 62.5 Å². The SMILES string of the molecule is CCCC(=O)N1CCC[C@H](NS(C)(=O)=O)[C@@H]1CO[C@H]1CC[C@@H](c2ccccc2O)CC1. The summed E-state index contributed by atoms with van der Waals surface area (Å²) in [6, 6.07) is 6.92. The molecule has 0 aromatic heterocycles. The zero-order valence-corrected chi connectivity index (χ0v) is 19.4. The summed E-state index contributed by atoms with van der Waals surface area (Å²) >= 11 is 0. The van der Waals surface area contributed by atoms with Crippen LogP contribution in [-0.4, -0.2) is 61.9 Å². The predicted octanol–water partition coefficient (Wildman–Crippen LogP) is 3.14. The van der Waals surface area contributed by atoms with Crippen molar-refractivity contribution in [3.05, 3.63) is 29.8 Å². The molecule has 0 unspecified atom stereocenters. The van der Waals surface area contributed by atoms with Gasteiger partial charge in [-0.1, -0.05) is 25.1 Å². The van der Waals surface area contributed by atoms with Crippen LogP contribution < -0.4 is 4.72 Å². The lowest BCUT2D eigenvalue weighted by Gasteiger charge is -2.42. The van der Waals surface area contributed by atoms with Crippen molar-refractivity contribution in [2.45, 2.75) is 82.4 Å². The van der Waals surface area contributed by atoms with Gasteiger partial charge >= 0.3 is 0 Å². The molecule has 1 saturated heterocycles. The minimum atomic E-state index is -3.37. The van der Waals surface area contributed by atoms with Crippen LogP contribution in [0.2, 0.25) is 0 Å². The highest BCUT2D eigenvalue weighted by molar-refractivity contribution is 7.88. The number of hydrogen-bond donors (Lipinski definition) is 2. The van der Waals surface area contributed by atoms with Crippen molar-refractivity contribution in [2.24, 2.45) is 0 Å². The monoisotopic (exact) mass is 452 g/mol. The lowest BCUT2D eigenvalue weighted by molar-refractivity contribution is -0.138. The molecule has 7 nitrogen and oxygen atoms in total. The van der Waals surface area contributed by atoms with E-state index in [9.17, 15) is 18.3 Å². The van der Waals surface area contributed by atoms with Crippen molar-refractivity contribution in [1.29, 1.82) is 0 Å². The normalized spacial score (nSPS) is 27.2. The Balaban J connectivity index is 1.61. The average Bonchev–Trinajstić information content (AvgIpc) is 2.72. The number of likely N-dealkylation sites (tertiary alicyclic amines) is 1. The first-order chi connectivity index (χ1) is 14.8. The molecule has 0 bridgehead atoms. The maximum atomic E-state index is 12.7. The topological polar surface area (TPSA) is 95.9 Å². The molecule has 1 amide bonds. The Kier molecular flexibility index (Phi) is 8.36. The number of para-hydroxylation sites is 1. The van der Waals surface area contributed by atoms with Crippen LogP contribution in [0.25, 0.3) is 0 Å². The van der Waals surface area contributed by atoms with Gasteiger partial charge in [0.1, 0.15) is 5.75 Å². The van der Waals surface area contributed by atoms with Gasteiger partial charge in [-0.15, -0.1) is 0 Å². The van der Waals surface area contributed by atoms with Crippen LogP contribution in [-0.2, 0) is 19.6 Å². The van der Waals surface area contributed by atoms with Crippen LogP contribution in [0.1, 0.15) is 69.8 Å². The van der Waals surface area contributed by atoms with E-state index in [1.165, 1.54) is 0 Å². The van der Waals surface area contributed by atoms with Gasteiger partial charge in [-0.3, -0.25) is 4.79 Å². The molecule has 0 radical (unpaired) electrons. The Bertz CT molecular complexity index is 836. The highest BCUT2D eigenvalue weighted by Gasteiger charge is 2.36. The Labute approximate surface area is 186 Å². The van der Waals surface area contributed by atoms with E-state index in [0.29, 0.717) is 37.7 Å². The van der Waals surface area contributed by atoms with Crippen LogP contribution in [0, 0.1) is 0 Å². The molecular weight excluding hydrogens is 416 g/mol. The standard InChI is InChI=1S/C23H36N2O5S/c1-3-7-23(27)25-15-6-9-20(24-31(2,28)29)21(25)16-30-18-13-11-17(12-14-18)19-8-4-5-10-22(19)26/h4-5,8,10,17-18,20-21,24,26H,3,6-7,9,11-16H2,1-2H3/t17-,18+,20-,21-/m0/s1. The Morgan fingerprint density at radius 1 is 1.19 bits per heavy atom. The number of carbonyl (C=O) groups excluding carboxylic acids is 1. The third kappa shape index (κ3) is 6.67. The first kappa shape index (κ1) is 24.0. The van der Waals surface area contributed by atoms with Gasteiger partial charge in [-0.2, -0.15) is 0 Å². The molecule has 2 atom stereocenters. The summed E-state index contributed by atoms with van der Waals surface area (Å²) in [6.07, 6.45) is 7.63. The van der Waals surface area contributed by atoms with E-state index in [1.54, 1.807) is 6.07 Å². The van der Waals surface area contributed by atoms with E-state index in [2.05, 4.69) is 4.72 Å². The van der Waals surface area contributed by atoms with Gasteiger partial charge in [0.05, 0.1) is 25.0 Å². The molecule has 1 heterocycles. The summed E-state index contributed by atoms with van der Waals surface area (Å²) in [5.41, 5.74) is 1.00. The summed E-state index contributed by atoms with van der Waals surface area (Å²) in [6.45, 7) is 2.96. The van der Waals surface area contributed by atoms with E-state index < -0.39 is 10.0 Å². The van der Waals surface area contributed by atoms with Crippen molar-refractivity contribution in [2.75, 3.05) is 19.4 Å². The fraction of sp³-hybridized carbons (Fsp3) is 0.696. The number of amides is 1. The van der Waals surface area contributed by atoms with Crippen LogP contribution in [0.4, 0.5) is 0 Å². The number of nitrogens with zero attached hydrogens (tertiary/aromatic N) is 1. The largest absolute Gasteiger partial charge is 0.508 e. The van der Waals surface area contributed by atoms with Crippen molar-refractivity contribution in [1.82, 2.24) is 9.62 Å². The lowest BCUT2D eigenvalue weighted by atomic mass is 9.82. The molecule has 2 aliphatic rings. The quantitative estimate of drug-likeness (QED) is 0.632. The minimum Gasteiger partial charge on any atom is -0.508 e. The van der Waals surface area contributed by atoms with Crippen molar-refractivity contribution in [3.8, 4) is 5.75 Å². The van der Waals surface area contributed by atoms with E-state index in [4.69, 9.17) is 4.74 Å². The van der Waals surface area contributed by atoms with Crippen molar-refractivity contribution >= 4 is 15.9 Å². The zero-order chi connectivity index (χ0) is 22.4. The summed E-state index contributed by atoms with van der Waals surface area (Å²) in [5.74, 6) is 0.756. The highest BCUT2D eigenvalue weighted by Crippen LogP contribution is 2.38. The number of phenols is 1. The molecule has 3 rings (SSSR count). The number of hydrogen-bond acceptors (Lipinski definition) is 5. The lowest BCUT2D eigenvalue weighted by Crippen LogP contribution is -2.59. The third-order valence-electron chi connectivity index (χ3n) is 6.48. The van der Waals surface area contributed by atoms with Crippen LogP contribution in [0.15, 0.2) is 24.3 Å². The number of rotatable bonds is 8. The molecule has 0 spiro atoms. The molecule has 2 N–H and O–H groups in total. The molecule has 1 aromatic carbocycles. The first-order valence-electron chi connectivity index (χ1n) is 11.4. The van der Waals surface area contributed by atoms with E-state index in [-0.39, 0.29) is 24.1 Å². The van der Waals surface area contributed by atoms with Crippen molar-refractivity contribution < 1.29 is 23.1 Å². The Morgan fingerprint density at radius 3 is 2.55 bits per heavy atom. The van der Waals surface area contributed by atoms with Crippen LogP contribution >= 0.6 is 0 Å². The van der Waals surface area contributed by atoms with Gasteiger partial charge in [0, 0.05) is 19.0 Å². The van der Waals surface area contributed by atoms with Gasteiger partial charge in [0.2, 0.25) is 15.9 Å². The summed E-state index contributed by atoms with van der Waals surface area (Å²) < 4.78 is 32.7. The maximum Gasteiger partial charge on any atom is 0.222 e. The molecule has 1 aliphatic heterocycles. The number of benzene rings is 1. The molecule has 1 saturated carbocycles. The Morgan fingerprint density at radius 2 is 1.90 bits per heavy atom. The minimum absolute atomic E-state index is 0.0689. The molecule has 1 aliphatic carbocycles. The van der Waals surface area contributed by atoms with Gasteiger partial charge in [-0.25, -0.2) is 13.1 Å². The summed E-state index contributed by atoms with van der Waals surface area (Å²) in [5, 5.41) is 10.1. The first-order valence-corrected chi connectivity index (χ1v) is 13.3. The average molecular weight is 453 g/mol. The second-order valence-corrected chi connectivity index (χ2v) is 10.7. The van der Waals surface area contributed by atoms with Crippen LogP contribution in [0.3, 0.4) is 0 Å². The number of piperidine rings is 1. The number of carbonyl (C=O) groups is 1. The summed E-state index contributed by atoms with van der Waals surface area (Å²) in [4.78, 5) is 14.5. The van der Waals surface area contributed by atoms with Gasteiger partial charge in [0.15, 0.2) is 0 Å². The molecule has 8 heteroatoms. The number of phenolic OH excluding ortho intramolecular Hbond substituents is 1. The van der Waals surface area contributed by atoms with E-state index in [0.717, 1.165) is 50.3 Å². The maximum absolute atomic E-state index is 12.7. The second-order valence-electron chi connectivity index (χ2n) is 8.91. The van der Waals surface area contributed by atoms with E-state index >= 15 is 0 Å². The van der Waals surface area contributed by atoms with Crippen LogP contribution in [0.5, 0.6) is 5.75 Å². The molecule has 2 fully saturated rings. The molecule has 1 aromatic rings. The number of nitrogens with one attached hydrogen (secondary N) is 1. The smallest absolute Gasteiger partial charge is 0.222 e. The Hall–Kier alpha value is -1.64. The fourth-order valence-electron chi connectivity index (χ4n) is 4.95. The number of ether oxygens (including phenoxy) is 1. The van der Waals surface area contributed by atoms with E-state index in [1.807, 2.05) is 30.0 Å². The number of sulfonamides is 1.